The summed E-state index contributed by atoms with van der Waals surface area (Å²) in [6.07, 6.45) is 18.0. The van der Waals surface area contributed by atoms with Gasteiger partial charge < -0.3 is 16.0 Å². The van der Waals surface area contributed by atoms with Crippen molar-refractivity contribution in [3.8, 4) is 11.1 Å². The summed E-state index contributed by atoms with van der Waals surface area (Å²) in [7, 11) is 0. The van der Waals surface area contributed by atoms with E-state index >= 15 is 0 Å². The quantitative estimate of drug-likeness (QED) is 0.116. The van der Waals surface area contributed by atoms with Crippen LogP contribution in [0.4, 0.5) is 5.69 Å². The van der Waals surface area contributed by atoms with Crippen LogP contribution in [0.3, 0.4) is 0 Å². The van der Waals surface area contributed by atoms with Crippen LogP contribution in [0.1, 0.15) is 126 Å². The van der Waals surface area contributed by atoms with Gasteiger partial charge in [-0.25, -0.2) is 0 Å². The first-order valence-corrected chi connectivity index (χ1v) is 22.4. The predicted octanol–water partition coefficient (Wildman–Crippen LogP) is 10.2. The van der Waals surface area contributed by atoms with Crippen molar-refractivity contribution in [1.82, 2.24) is 15.1 Å². The van der Waals surface area contributed by atoms with Crippen LogP contribution < -0.4 is 10.6 Å². The minimum absolute atomic E-state index is 0.0217. The molecule has 2 aromatic carbocycles. The highest BCUT2D eigenvalue weighted by atomic mass is 16.1. The highest BCUT2D eigenvalue weighted by molar-refractivity contribution is 6.08. The highest BCUT2D eigenvalue weighted by Gasteiger charge is 2.48. The molecule has 0 spiro atoms. The zero-order valence-electron chi connectivity index (χ0n) is 35.0. The van der Waals surface area contributed by atoms with Crippen molar-refractivity contribution >= 4 is 23.5 Å². The summed E-state index contributed by atoms with van der Waals surface area (Å²) in [6.45, 7) is 16.9. The second kappa shape index (κ2) is 17.6. The number of allylic oxidation sites excluding steroid dienone is 5. The lowest BCUT2D eigenvalue weighted by molar-refractivity contribution is -0.115. The average molecular weight is 770 g/mol. The number of benzene rings is 2. The van der Waals surface area contributed by atoms with E-state index in [0.717, 1.165) is 115 Å². The Bertz CT molecular complexity index is 1870. The molecule has 0 aromatic heterocycles. The van der Waals surface area contributed by atoms with Gasteiger partial charge in [0.25, 0.3) is 0 Å². The molecule has 1 unspecified atom stereocenters. The average Bonchev–Trinajstić information content (AvgIpc) is 3.71. The van der Waals surface area contributed by atoms with E-state index in [-0.39, 0.29) is 18.0 Å². The van der Waals surface area contributed by atoms with E-state index in [0.29, 0.717) is 35.9 Å². The Morgan fingerprint density at radius 3 is 2.25 bits per heavy atom. The molecule has 0 radical (unpaired) electrons. The van der Waals surface area contributed by atoms with Gasteiger partial charge in [0.15, 0.2) is 11.6 Å². The monoisotopic (exact) mass is 770 g/mol. The molecule has 304 valence electrons. The molecule has 1 saturated heterocycles. The maximum absolute atomic E-state index is 13.9. The SMILES string of the molecule is C=C(NCN1CCN(Cc2ccc(-c3cc(NC4CCCC4)c(C=N)c(C(=O)CCC4=C(C)C=C(C)CC4=O)c3)cc2)CC1)C(C)CC1C2CC3CC(C2)CC1C3. The van der Waals surface area contributed by atoms with Crippen molar-refractivity contribution in [2.75, 3.05) is 38.2 Å². The molecule has 3 N–H and O–H groups in total. The van der Waals surface area contributed by atoms with Crippen LogP contribution >= 0.6 is 0 Å². The number of anilines is 1. The summed E-state index contributed by atoms with van der Waals surface area (Å²) in [5.74, 6) is 5.62. The lowest BCUT2D eigenvalue weighted by Crippen LogP contribution is -2.49. The summed E-state index contributed by atoms with van der Waals surface area (Å²) in [5.41, 5.74) is 9.43. The molecule has 0 amide bonds. The van der Waals surface area contributed by atoms with Crippen molar-refractivity contribution in [3.05, 3.63) is 88.2 Å². The molecular weight excluding hydrogens is 703 g/mol. The number of rotatable bonds is 16. The van der Waals surface area contributed by atoms with Crippen LogP contribution in [-0.4, -0.2) is 66.5 Å². The Balaban J connectivity index is 0.859. The number of piperazine rings is 1. The fourth-order valence-electron chi connectivity index (χ4n) is 11.9. The number of ketones is 2. The third-order valence-corrected chi connectivity index (χ3v) is 15.0. The molecular formula is C50H67N5O2. The molecule has 1 atom stereocenters. The Morgan fingerprint density at radius 2 is 1.60 bits per heavy atom. The number of Topliss-reactive ketones (excluding diaryl/α,β-unsaturated/α-hetero) is 2. The molecule has 5 saturated carbocycles. The van der Waals surface area contributed by atoms with E-state index in [1.165, 1.54) is 68.8 Å². The molecule has 7 nitrogen and oxygen atoms in total. The normalized spacial score (nSPS) is 27.1. The van der Waals surface area contributed by atoms with Crippen molar-refractivity contribution < 1.29 is 9.59 Å². The third-order valence-electron chi connectivity index (χ3n) is 15.0. The predicted molar refractivity (Wildman–Crippen MR) is 234 cm³/mol. The number of hydrogen-bond donors (Lipinski definition) is 3. The van der Waals surface area contributed by atoms with Crippen LogP contribution in [0.25, 0.3) is 11.1 Å². The van der Waals surface area contributed by atoms with Gasteiger partial charge in [-0.3, -0.25) is 19.4 Å². The molecule has 1 heterocycles. The maximum Gasteiger partial charge on any atom is 0.163 e. The van der Waals surface area contributed by atoms with Crippen molar-refractivity contribution in [2.24, 2.45) is 35.5 Å². The summed E-state index contributed by atoms with van der Waals surface area (Å²) in [5, 5.41) is 15.8. The van der Waals surface area contributed by atoms with E-state index in [9.17, 15) is 9.59 Å². The first-order chi connectivity index (χ1) is 27.6. The van der Waals surface area contributed by atoms with E-state index in [2.05, 4.69) is 70.3 Å². The van der Waals surface area contributed by atoms with Crippen molar-refractivity contribution in [1.29, 1.82) is 5.41 Å². The Kier molecular flexibility index (Phi) is 12.3. The van der Waals surface area contributed by atoms with Gasteiger partial charge in [0.1, 0.15) is 0 Å². The van der Waals surface area contributed by atoms with Crippen LogP contribution in [0.5, 0.6) is 0 Å². The van der Waals surface area contributed by atoms with E-state index in [4.69, 9.17) is 5.41 Å². The lowest BCUT2D eigenvalue weighted by Gasteiger charge is -2.55. The van der Waals surface area contributed by atoms with Gasteiger partial charge in [-0.2, -0.15) is 0 Å². The fraction of sp³-hybridized carbons (Fsp3) is 0.580. The molecule has 2 aromatic rings. The lowest BCUT2D eigenvalue weighted by atomic mass is 9.51. The van der Waals surface area contributed by atoms with E-state index in [1.807, 2.05) is 19.9 Å². The van der Waals surface area contributed by atoms with Gasteiger partial charge in [0.05, 0.1) is 6.67 Å². The van der Waals surface area contributed by atoms with Crippen molar-refractivity contribution in [3.63, 3.8) is 0 Å². The number of nitrogens with zero attached hydrogens (tertiary/aromatic N) is 2. The van der Waals surface area contributed by atoms with Gasteiger partial charge >= 0.3 is 0 Å². The first kappa shape index (κ1) is 40.0. The van der Waals surface area contributed by atoms with Crippen LogP contribution in [0.15, 0.2) is 71.5 Å². The number of nitrogens with one attached hydrogen (secondary N) is 3. The zero-order chi connectivity index (χ0) is 39.6. The second-order valence-electron chi connectivity index (χ2n) is 19.1. The topological polar surface area (TPSA) is 88.5 Å². The number of carbonyl (C=O) groups excluding carboxylic acids is 2. The molecule has 7 heteroatoms. The smallest absolute Gasteiger partial charge is 0.163 e. The van der Waals surface area contributed by atoms with Gasteiger partial charge in [-0.05, 0) is 147 Å². The molecule has 4 bridgehead atoms. The zero-order valence-corrected chi connectivity index (χ0v) is 35.0. The minimum atomic E-state index is -0.0217. The van der Waals surface area contributed by atoms with Gasteiger partial charge in [-0.15, -0.1) is 0 Å². The summed E-state index contributed by atoms with van der Waals surface area (Å²) >= 11 is 0. The largest absolute Gasteiger partial charge is 0.382 e. The standard InChI is InChI=1S/C50H67N5O2/c1-32-19-34(3)44(50(57)20-32)13-14-49(56)46-27-40(28-48(47(46)29-51)53-43-7-5-6-8-43)39-11-9-36(10-12-39)30-54-15-17-55(18-16-54)31-52-35(4)33(2)21-45-41-23-37-22-38(25-41)26-42(45)24-37/h9-12,19,27-29,33,37-38,41-43,45,51-53H,4-8,13-18,20-26,30-31H2,1-3H3. The van der Waals surface area contributed by atoms with Gasteiger partial charge in [-0.1, -0.05) is 62.3 Å². The molecule has 7 aliphatic rings. The highest BCUT2D eigenvalue weighted by Crippen LogP contribution is 2.58. The van der Waals surface area contributed by atoms with Crippen LogP contribution in [-0.2, 0) is 11.3 Å². The van der Waals surface area contributed by atoms with E-state index in [1.54, 1.807) is 0 Å². The number of hydrogen-bond acceptors (Lipinski definition) is 7. The molecule has 57 heavy (non-hydrogen) atoms. The number of carbonyl (C=O) groups is 2. The van der Waals surface area contributed by atoms with E-state index < -0.39 is 0 Å². The van der Waals surface area contributed by atoms with Crippen LogP contribution in [0.2, 0.25) is 0 Å². The van der Waals surface area contributed by atoms with Gasteiger partial charge in [0, 0.05) is 80.3 Å². The summed E-state index contributed by atoms with van der Waals surface area (Å²) in [6, 6.07) is 13.3. The molecule has 6 fully saturated rings. The minimum Gasteiger partial charge on any atom is -0.382 e. The molecule has 1 aliphatic heterocycles. The Hall–Kier alpha value is -3.81. The van der Waals surface area contributed by atoms with Gasteiger partial charge in [0.2, 0.25) is 0 Å². The summed E-state index contributed by atoms with van der Waals surface area (Å²) in [4.78, 5) is 31.9. The Morgan fingerprint density at radius 1 is 0.930 bits per heavy atom. The third kappa shape index (κ3) is 9.25. The summed E-state index contributed by atoms with van der Waals surface area (Å²) < 4.78 is 0. The first-order valence-electron chi connectivity index (χ1n) is 22.4. The fourth-order valence-corrected chi connectivity index (χ4v) is 11.9. The van der Waals surface area contributed by atoms with Crippen molar-refractivity contribution in [2.45, 2.75) is 117 Å². The molecule has 9 rings (SSSR count). The Labute approximate surface area is 342 Å². The van der Waals surface area contributed by atoms with Crippen LogP contribution in [0, 0.1) is 40.9 Å². The second-order valence-corrected chi connectivity index (χ2v) is 19.1. The maximum atomic E-state index is 13.9. The molecule has 6 aliphatic carbocycles.